The molecule has 0 saturated heterocycles. The Bertz CT molecular complexity index is 865. The summed E-state index contributed by atoms with van der Waals surface area (Å²) in [7, 11) is 0. The minimum atomic E-state index is -0.633. The minimum Gasteiger partial charge on any atom is -0.421 e. The summed E-state index contributed by atoms with van der Waals surface area (Å²) in [5.74, 6) is 0.0985. The highest BCUT2D eigenvalue weighted by Gasteiger charge is 2.17. The maximum Gasteiger partial charge on any atom is 0.383 e. The van der Waals surface area contributed by atoms with E-state index in [1.165, 1.54) is 4.52 Å². The molecular weight excluding hydrogens is 304 g/mol. The predicted octanol–water partition coefficient (Wildman–Crippen LogP) is 2.92. The molecular formula is C15H13ClN4O2. The van der Waals surface area contributed by atoms with Gasteiger partial charge in [0.2, 0.25) is 0 Å². The summed E-state index contributed by atoms with van der Waals surface area (Å²) >= 11 is 6.10. The first kappa shape index (κ1) is 14.5. The van der Waals surface area contributed by atoms with Gasteiger partial charge in [0.05, 0.1) is 0 Å². The fourth-order valence-corrected chi connectivity index (χ4v) is 2.22. The van der Waals surface area contributed by atoms with Crippen LogP contribution in [0.3, 0.4) is 0 Å². The van der Waals surface area contributed by atoms with E-state index in [1.807, 2.05) is 20.8 Å². The lowest BCUT2D eigenvalue weighted by Crippen LogP contribution is -2.11. The summed E-state index contributed by atoms with van der Waals surface area (Å²) in [5.41, 5.74) is 2.50. The van der Waals surface area contributed by atoms with Gasteiger partial charge in [-0.15, -0.1) is 5.10 Å². The number of carbonyl (C=O) groups excluding carboxylic acids is 1. The van der Waals surface area contributed by atoms with Crippen LogP contribution in [0, 0.1) is 20.8 Å². The number of ether oxygens (including phenoxy) is 1. The summed E-state index contributed by atoms with van der Waals surface area (Å²) in [6.45, 7) is 5.55. The van der Waals surface area contributed by atoms with E-state index >= 15 is 0 Å². The summed E-state index contributed by atoms with van der Waals surface area (Å²) < 4.78 is 6.82. The number of rotatable bonds is 2. The Morgan fingerprint density at radius 1 is 1.23 bits per heavy atom. The van der Waals surface area contributed by atoms with E-state index in [4.69, 9.17) is 16.3 Å². The fourth-order valence-electron chi connectivity index (χ4n) is 2.11. The molecule has 0 fully saturated rings. The number of hydrogen-bond donors (Lipinski definition) is 0. The van der Waals surface area contributed by atoms with Crippen molar-refractivity contribution >= 4 is 23.3 Å². The van der Waals surface area contributed by atoms with Gasteiger partial charge in [0, 0.05) is 16.9 Å². The van der Waals surface area contributed by atoms with Gasteiger partial charge in [-0.05, 0) is 50.1 Å². The highest BCUT2D eigenvalue weighted by molar-refractivity contribution is 6.32. The predicted molar refractivity (Wildman–Crippen MR) is 81.4 cm³/mol. The molecule has 0 N–H and O–H groups in total. The number of esters is 1. The number of fused-ring (bicyclic) bond motifs is 1. The third-order valence-corrected chi connectivity index (χ3v) is 3.83. The van der Waals surface area contributed by atoms with Crippen LogP contribution >= 0.6 is 11.6 Å². The average Bonchev–Trinajstić information content (AvgIpc) is 2.90. The van der Waals surface area contributed by atoms with Crippen LogP contribution in [-0.2, 0) is 0 Å². The van der Waals surface area contributed by atoms with Crippen LogP contribution in [0.4, 0.5) is 0 Å². The number of hydrogen-bond acceptors (Lipinski definition) is 5. The van der Waals surface area contributed by atoms with Gasteiger partial charge in [-0.3, -0.25) is 0 Å². The van der Waals surface area contributed by atoms with E-state index in [1.54, 1.807) is 24.4 Å². The number of benzene rings is 1. The van der Waals surface area contributed by atoms with Crippen molar-refractivity contribution in [2.24, 2.45) is 0 Å². The van der Waals surface area contributed by atoms with Crippen molar-refractivity contribution in [2.75, 3.05) is 0 Å². The highest BCUT2D eigenvalue weighted by Crippen LogP contribution is 2.26. The molecule has 22 heavy (non-hydrogen) atoms. The van der Waals surface area contributed by atoms with E-state index in [0.29, 0.717) is 16.5 Å². The zero-order valence-electron chi connectivity index (χ0n) is 12.3. The molecule has 2 aromatic heterocycles. The normalized spacial score (nSPS) is 10.9. The Kier molecular flexibility index (Phi) is 3.54. The number of halogens is 1. The Morgan fingerprint density at radius 3 is 2.55 bits per heavy atom. The van der Waals surface area contributed by atoms with Crippen molar-refractivity contribution in [3.05, 3.63) is 52.1 Å². The van der Waals surface area contributed by atoms with Gasteiger partial charge in [-0.25, -0.2) is 14.3 Å². The highest BCUT2D eigenvalue weighted by atomic mass is 35.5. The van der Waals surface area contributed by atoms with Crippen molar-refractivity contribution in [2.45, 2.75) is 20.8 Å². The van der Waals surface area contributed by atoms with E-state index in [-0.39, 0.29) is 5.82 Å². The average molecular weight is 317 g/mol. The lowest BCUT2D eigenvalue weighted by atomic mass is 10.1. The Balaban J connectivity index is 1.92. The molecule has 1 aromatic carbocycles. The zero-order chi connectivity index (χ0) is 15.9. The topological polar surface area (TPSA) is 69.4 Å². The summed E-state index contributed by atoms with van der Waals surface area (Å²) in [5, 5.41) is 4.77. The smallest absolute Gasteiger partial charge is 0.383 e. The molecule has 0 unspecified atom stereocenters. The molecule has 2 heterocycles. The number of aromatic nitrogens is 4. The van der Waals surface area contributed by atoms with Gasteiger partial charge in [0.1, 0.15) is 5.75 Å². The number of nitrogens with zero attached hydrogens (tertiary/aromatic N) is 4. The summed E-state index contributed by atoms with van der Waals surface area (Å²) in [6.07, 6.45) is 1.61. The Morgan fingerprint density at radius 2 is 1.91 bits per heavy atom. The molecule has 0 saturated carbocycles. The molecule has 0 aliphatic rings. The van der Waals surface area contributed by atoms with E-state index in [9.17, 15) is 4.79 Å². The van der Waals surface area contributed by atoms with Crippen LogP contribution < -0.4 is 4.74 Å². The molecule has 0 amide bonds. The van der Waals surface area contributed by atoms with Gasteiger partial charge >= 0.3 is 5.97 Å². The third kappa shape index (κ3) is 2.53. The molecule has 0 radical (unpaired) electrons. The second-order valence-electron chi connectivity index (χ2n) is 4.99. The van der Waals surface area contributed by atoms with Crippen molar-refractivity contribution in [3.8, 4) is 5.75 Å². The summed E-state index contributed by atoms with van der Waals surface area (Å²) in [6, 6.07) is 5.18. The van der Waals surface area contributed by atoms with Crippen molar-refractivity contribution in [1.82, 2.24) is 19.6 Å². The zero-order valence-corrected chi connectivity index (χ0v) is 13.0. The molecule has 7 heteroatoms. The van der Waals surface area contributed by atoms with Gasteiger partial charge in [0.15, 0.2) is 0 Å². The largest absolute Gasteiger partial charge is 0.421 e. The van der Waals surface area contributed by atoms with Crippen LogP contribution in [0.1, 0.15) is 27.4 Å². The minimum absolute atomic E-state index is 0.0351. The Hall–Kier alpha value is -2.47. The summed E-state index contributed by atoms with van der Waals surface area (Å²) in [4.78, 5) is 20.3. The second-order valence-corrected chi connectivity index (χ2v) is 5.37. The quantitative estimate of drug-likeness (QED) is 0.537. The first-order valence-corrected chi connectivity index (χ1v) is 7.01. The van der Waals surface area contributed by atoms with Gasteiger partial charge in [0.25, 0.3) is 11.6 Å². The van der Waals surface area contributed by atoms with E-state index in [0.717, 1.165) is 16.8 Å². The van der Waals surface area contributed by atoms with E-state index < -0.39 is 5.97 Å². The van der Waals surface area contributed by atoms with Gasteiger partial charge in [-0.2, -0.15) is 4.98 Å². The second kappa shape index (κ2) is 5.38. The molecule has 3 aromatic rings. The Labute approximate surface area is 131 Å². The standard InChI is InChI=1S/C15H13ClN4O2/c1-8-6-11(7-9(2)12(8)16)22-14(21)13-18-15-17-5-4-10(3)20(15)19-13/h4-7H,1-3H3. The molecule has 0 atom stereocenters. The van der Waals surface area contributed by atoms with Crippen molar-refractivity contribution < 1.29 is 9.53 Å². The van der Waals surface area contributed by atoms with Crippen LogP contribution in [0.2, 0.25) is 5.02 Å². The molecule has 0 spiro atoms. The van der Waals surface area contributed by atoms with Crippen LogP contribution in [-0.4, -0.2) is 25.6 Å². The van der Waals surface area contributed by atoms with Crippen LogP contribution in [0.15, 0.2) is 24.4 Å². The molecule has 0 aliphatic heterocycles. The maximum absolute atomic E-state index is 12.2. The molecule has 0 bridgehead atoms. The SMILES string of the molecule is Cc1cc(OC(=O)c2nc3nccc(C)n3n2)cc(C)c1Cl. The lowest BCUT2D eigenvalue weighted by molar-refractivity contribution is 0.0722. The molecule has 3 rings (SSSR count). The first-order chi connectivity index (χ1) is 10.5. The number of carbonyl (C=O) groups is 1. The monoisotopic (exact) mass is 316 g/mol. The van der Waals surface area contributed by atoms with Crippen molar-refractivity contribution in [3.63, 3.8) is 0 Å². The maximum atomic E-state index is 12.2. The van der Waals surface area contributed by atoms with Gasteiger partial charge < -0.3 is 4.74 Å². The van der Waals surface area contributed by atoms with Crippen molar-refractivity contribution in [1.29, 1.82) is 0 Å². The number of aryl methyl sites for hydroxylation is 3. The van der Waals surface area contributed by atoms with E-state index in [2.05, 4.69) is 15.1 Å². The van der Waals surface area contributed by atoms with Gasteiger partial charge in [-0.1, -0.05) is 11.6 Å². The lowest BCUT2D eigenvalue weighted by Gasteiger charge is -2.07. The fraction of sp³-hybridized carbons (Fsp3) is 0.200. The van der Waals surface area contributed by atoms with Crippen LogP contribution in [0.5, 0.6) is 5.75 Å². The van der Waals surface area contributed by atoms with Crippen LogP contribution in [0.25, 0.3) is 5.78 Å². The first-order valence-electron chi connectivity index (χ1n) is 6.63. The third-order valence-electron chi connectivity index (χ3n) is 3.23. The molecule has 6 nitrogen and oxygen atoms in total. The molecule has 0 aliphatic carbocycles. The molecule has 112 valence electrons.